The molecule has 0 radical (unpaired) electrons. The maximum atomic E-state index is 2.67. The summed E-state index contributed by atoms with van der Waals surface area (Å²) in [6.07, 6.45) is 0. The van der Waals surface area contributed by atoms with Crippen molar-refractivity contribution < 1.29 is 0 Å². The molecule has 0 amide bonds. The van der Waals surface area contributed by atoms with Gasteiger partial charge in [0.05, 0.1) is 11.1 Å². The molecule has 0 atom stereocenters. The van der Waals surface area contributed by atoms with Gasteiger partial charge in [-0.15, -0.1) is 0 Å². The van der Waals surface area contributed by atoms with Crippen LogP contribution in [-0.2, 0) is 21.7 Å². The third-order valence-electron chi connectivity index (χ3n) is 16.8. The monoisotopic (exact) mass is 996 g/mol. The normalized spacial score (nSPS) is 14.1. The molecular formula is C73H66BN3. The van der Waals surface area contributed by atoms with Gasteiger partial charge < -0.3 is 14.7 Å². The van der Waals surface area contributed by atoms with Gasteiger partial charge in [-0.1, -0.05) is 226 Å². The Labute approximate surface area is 457 Å². The van der Waals surface area contributed by atoms with E-state index in [9.17, 15) is 0 Å². The van der Waals surface area contributed by atoms with Crippen LogP contribution in [0.25, 0.3) is 11.1 Å². The minimum atomic E-state index is -0.547. The van der Waals surface area contributed by atoms with Crippen LogP contribution in [0, 0.1) is 0 Å². The number of nitrogens with zero attached hydrogens (tertiary/aromatic N) is 3. The molecule has 376 valence electrons. The quantitative estimate of drug-likeness (QED) is 0.147. The molecular weight excluding hydrogens is 930 g/mol. The molecule has 0 unspecified atom stereocenters. The molecule has 0 bridgehead atoms. The molecule has 10 aromatic rings. The van der Waals surface area contributed by atoms with Crippen LogP contribution in [0.5, 0.6) is 0 Å². The van der Waals surface area contributed by atoms with E-state index < -0.39 is 5.41 Å². The molecule has 0 N–H and O–H groups in total. The minimum Gasteiger partial charge on any atom is -0.311 e. The van der Waals surface area contributed by atoms with Gasteiger partial charge in [-0.2, -0.15) is 0 Å². The summed E-state index contributed by atoms with van der Waals surface area (Å²) in [6.45, 7) is 21.0. The Morgan fingerprint density at radius 2 is 0.870 bits per heavy atom. The molecule has 77 heavy (non-hydrogen) atoms. The zero-order valence-electron chi connectivity index (χ0n) is 45.9. The first kappa shape index (κ1) is 48.3. The van der Waals surface area contributed by atoms with E-state index in [0.29, 0.717) is 0 Å². The highest BCUT2D eigenvalue weighted by atomic mass is 15.2. The molecule has 4 heteroatoms. The summed E-state index contributed by atoms with van der Waals surface area (Å²) < 4.78 is 0. The highest BCUT2D eigenvalue weighted by molar-refractivity contribution is 7.00. The van der Waals surface area contributed by atoms with Gasteiger partial charge in [0.15, 0.2) is 0 Å². The first-order valence-corrected chi connectivity index (χ1v) is 27.5. The van der Waals surface area contributed by atoms with Crippen LogP contribution in [0.3, 0.4) is 0 Å². The van der Waals surface area contributed by atoms with Crippen molar-refractivity contribution in [3.8, 4) is 11.1 Å². The molecule has 2 heterocycles. The number of hydrogen-bond acceptors (Lipinski definition) is 3. The lowest BCUT2D eigenvalue weighted by Gasteiger charge is -2.46. The number of benzene rings is 10. The zero-order chi connectivity index (χ0) is 53.0. The summed E-state index contributed by atoms with van der Waals surface area (Å²) in [5.41, 5.74) is 25.1. The van der Waals surface area contributed by atoms with Crippen LogP contribution in [-0.4, -0.2) is 6.71 Å². The van der Waals surface area contributed by atoms with Crippen molar-refractivity contribution in [2.45, 2.75) is 84.0 Å². The molecule has 10 aromatic carbocycles. The molecule has 0 saturated heterocycles. The second-order valence-electron chi connectivity index (χ2n) is 24.6. The van der Waals surface area contributed by atoms with Gasteiger partial charge in [-0.3, -0.25) is 0 Å². The molecule has 0 fully saturated rings. The van der Waals surface area contributed by atoms with Crippen molar-refractivity contribution in [1.82, 2.24) is 0 Å². The lowest BCUT2D eigenvalue weighted by atomic mass is 9.33. The van der Waals surface area contributed by atoms with Crippen LogP contribution in [0.1, 0.15) is 101 Å². The molecule has 0 aromatic heterocycles. The Kier molecular flexibility index (Phi) is 11.2. The van der Waals surface area contributed by atoms with Gasteiger partial charge in [0.1, 0.15) is 0 Å². The van der Waals surface area contributed by atoms with E-state index in [1.807, 2.05) is 0 Å². The summed E-state index contributed by atoms with van der Waals surface area (Å²) in [5, 5.41) is 0. The van der Waals surface area contributed by atoms with Crippen LogP contribution >= 0.6 is 0 Å². The third-order valence-corrected chi connectivity index (χ3v) is 16.8. The largest absolute Gasteiger partial charge is 0.311 e. The average molecular weight is 996 g/mol. The second kappa shape index (κ2) is 17.9. The van der Waals surface area contributed by atoms with Crippen LogP contribution in [0.4, 0.5) is 51.2 Å². The summed E-state index contributed by atoms with van der Waals surface area (Å²) in [6, 6.07) is 89.5. The fourth-order valence-electron chi connectivity index (χ4n) is 12.9. The molecule has 0 spiro atoms. The van der Waals surface area contributed by atoms with E-state index in [0.717, 1.165) is 22.7 Å². The van der Waals surface area contributed by atoms with Crippen LogP contribution in [0.2, 0.25) is 0 Å². The van der Waals surface area contributed by atoms with Crippen molar-refractivity contribution in [2.75, 3.05) is 14.7 Å². The molecule has 13 rings (SSSR count). The number of fused-ring (bicyclic) bond motifs is 7. The Morgan fingerprint density at radius 1 is 0.351 bits per heavy atom. The van der Waals surface area contributed by atoms with Crippen molar-refractivity contribution in [3.05, 3.63) is 276 Å². The fourth-order valence-corrected chi connectivity index (χ4v) is 12.9. The number of hydrogen-bond donors (Lipinski definition) is 0. The standard InChI is InChI=1S/C73H66BN3/c1-70(2,3)49-37-40-56(41-38-49)76-65-48-57(75(54-29-18-12-19-30-54)55-31-20-13-21-32-55)42-43-61(65)74-62-45-52(71(4,5)6)39-44-63(62)77(67-47-53(72(7,8)9)46-66(76)69(67)74)64-36-24-35-60-68(64)58-33-22-23-34-59(58)73(60,50-25-14-10-15-26-50)51-27-16-11-17-28-51/h10-48H,1-9H3. The smallest absolute Gasteiger partial charge is 0.252 e. The van der Waals surface area contributed by atoms with Crippen LogP contribution in [0.15, 0.2) is 237 Å². The third kappa shape index (κ3) is 7.70. The predicted octanol–water partition coefficient (Wildman–Crippen LogP) is 17.5. The van der Waals surface area contributed by atoms with Gasteiger partial charge >= 0.3 is 0 Å². The van der Waals surface area contributed by atoms with E-state index in [4.69, 9.17) is 0 Å². The van der Waals surface area contributed by atoms with E-state index in [2.05, 4.69) is 314 Å². The lowest BCUT2D eigenvalue weighted by Crippen LogP contribution is -2.61. The van der Waals surface area contributed by atoms with E-state index >= 15 is 0 Å². The van der Waals surface area contributed by atoms with Gasteiger partial charge in [-0.05, 0) is 150 Å². The molecule has 0 saturated carbocycles. The Bertz CT molecular complexity index is 3780. The Morgan fingerprint density at radius 3 is 1.45 bits per heavy atom. The van der Waals surface area contributed by atoms with Gasteiger partial charge in [0.2, 0.25) is 0 Å². The Hall–Kier alpha value is -8.34. The highest BCUT2D eigenvalue weighted by Gasteiger charge is 2.50. The number of para-hydroxylation sites is 2. The molecule has 3 aliphatic rings. The minimum absolute atomic E-state index is 0.00404. The van der Waals surface area contributed by atoms with Gasteiger partial charge in [-0.25, -0.2) is 0 Å². The lowest BCUT2D eigenvalue weighted by molar-refractivity contribution is 0.590. The van der Waals surface area contributed by atoms with Crippen molar-refractivity contribution in [1.29, 1.82) is 0 Å². The van der Waals surface area contributed by atoms with Crippen LogP contribution < -0.4 is 31.1 Å². The summed E-state index contributed by atoms with van der Waals surface area (Å²) in [7, 11) is 0. The molecule has 1 aliphatic carbocycles. The summed E-state index contributed by atoms with van der Waals surface area (Å²) >= 11 is 0. The maximum absolute atomic E-state index is 2.67. The average Bonchev–Trinajstić information content (AvgIpc) is 4.05. The fraction of sp³-hybridized carbons (Fsp3) is 0.178. The van der Waals surface area contributed by atoms with E-state index in [-0.39, 0.29) is 23.0 Å². The molecule has 3 nitrogen and oxygen atoms in total. The van der Waals surface area contributed by atoms with Crippen molar-refractivity contribution in [3.63, 3.8) is 0 Å². The first-order chi connectivity index (χ1) is 37.1. The second-order valence-corrected chi connectivity index (χ2v) is 24.6. The van der Waals surface area contributed by atoms with E-state index in [1.165, 1.54) is 94.9 Å². The van der Waals surface area contributed by atoms with Crippen molar-refractivity contribution >= 4 is 74.3 Å². The highest BCUT2D eigenvalue weighted by Crippen LogP contribution is 2.60. The Balaban J connectivity index is 1.14. The summed E-state index contributed by atoms with van der Waals surface area (Å²) in [5.74, 6) is 0. The topological polar surface area (TPSA) is 9.72 Å². The van der Waals surface area contributed by atoms with Gasteiger partial charge in [0.25, 0.3) is 6.71 Å². The molecule has 2 aliphatic heterocycles. The van der Waals surface area contributed by atoms with Crippen molar-refractivity contribution in [2.24, 2.45) is 0 Å². The first-order valence-electron chi connectivity index (χ1n) is 27.5. The predicted molar refractivity (Wildman–Crippen MR) is 329 cm³/mol. The number of rotatable bonds is 7. The SMILES string of the molecule is CC(C)(C)c1ccc(N2c3cc(N(c4ccccc4)c4ccccc4)ccc3B3c4cc(C(C)(C)C)ccc4N(c4cccc5c4-c4ccccc4C5(c4ccccc4)c4ccccc4)c4cc(C(C)(C)C)cc2c43)cc1. The maximum Gasteiger partial charge on any atom is 0.252 e. The summed E-state index contributed by atoms with van der Waals surface area (Å²) in [4.78, 5) is 7.67. The zero-order valence-corrected chi connectivity index (χ0v) is 45.9. The van der Waals surface area contributed by atoms with Gasteiger partial charge in [0, 0.05) is 51.1 Å². The number of anilines is 9. The van der Waals surface area contributed by atoms with E-state index in [1.54, 1.807) is 0 Å².